The van der Waals surface area contributed by atoms with Crippen molar-refractivity contribution >= 4 is 45.7 Å². The molecule has 0 bridgehead atoms. The average molecular weight is 294 g/mol. The maximum absolute atomic E-state index is 5.88. The predicted octanol–water partition coefficient (Wildman–Crippen LogP) is 3.78. The standard InChI is InChI=1S/C13H12ClN3OS/c14-12-4-2-9(19-12)5-6-16-13-17-10-3-1-8(15)7-11(10)18-13/h1-4,7H,5-6,15H2,(H,16,17). The summed E-state index contributed by atoms with van der Waals surface area (Å²) in [6.45, 7) is 0.749. The number of benzene rings is 1. The minimum atomic E-state index is 0.517. The maximum Gasteiger partial charge on any atom is 0.295 e. The second-order valence-electron chi connectivity index (χ2n) is 4.13. The number of nitrogen functional groups attached to an aromatic ring is 1. The topological polar surface area (TPSA) is 64.1 Å². The summed E-state index contributed by atoms with van der Waals surface area (Å²) in [5.74, 6) is 0. The minimum absolute atomic E-state index is 0.517. The van der Waals surface area contributed by atoms with E-state index in [0.29, 0.717) is 17.3 Å². The van der Waals surface area contributed by atoms with Gasteiger partial charge < -0.3 is 15.5 Å². The second-order valence-corrected chi connectivity index (χ2v) is 5.93. The first-order chi connectivity index (χ1) is 9.20. The number of nitrogens with two attached hydrogens (primary N) is 1. The van der Waals surface area contributed by atoms with Crippen molar-refractivity contribution in [2.24, 2.45) is 0 Å². The molecule has 0 aliphatic heterocycles. The number of hydrogen-bond donors (Lipinski definition) is 2. The minimum Gasteiger partial charge on any atom is -0.423 e. The van der Waals surface area contributed by atoms with Crippen LogP contribution >= 0.6 is 22.9 Å². The zero-order chi connectivity index (χ0) is 13.2. The van der Waals surface area contributed by atoms with Gasteiger partial charge in [-0.15, -0.1) is 11.3 Å². The lowest BCUT2D eigenvalue weighted by molar-refractivity contribution is 0.615. The molecule has 2 heterocycles. The van der Waals surface area contributed by atoms with Crippen molar-refractivity contribution in [3.63, 3.8) is 0 Å². The van der Waals surface area contributed by atoms with Gasteiger partial charge in [-0.2, -0.15) is 4.98 Å². The van der Waals surface area contributed by atoms with Crippen molar-refractivity contribution in [2.45, 2.75) is 6.42 Å². The van der Waals surface area contributed by atoms with Crippen molar-refractivity contribution in [1.29, 1.82) is 0 Å². The third-order valence-electron chi connectivity index (χ3n) is 2.69. The molecular weight excluding hydrogens is 282 g/mol. The van der Waals surface area contributed by atoms with Crippen LogP contribution in [0.2, 0.25) is 4.34 Å². The van der Waals surface area contributed by atoms with Gasteiger partial charge in [-0.25, -0.2) is 0 Å². The molecule has 98 valence electrons. The van der Waals surface area contributed by atoms with Gasteiger partial charge in [0.05, 0.1) is 4.34 Å². The van der Waals surface area contributed by atoms with Gasteiger partial charge >= 0.3 is 0 Å². The lowest BCUT2D eigenvalue weighted by Gasteiger charge is -1.98. The van der Waals surface area contributed by atoms with E-state index < -0.39 is 0 Å². The summed E-state index contributed by atoms with van der Waals surface area (Å²) in [6.07, 6.45) is 0.887. The molecule has 0 amide bonds. The van der Waals surface area contributed by atoms with Crippen molar-refractivity contribution in [3.05, 3.63) is 39.5 Å². The summed E-state index contributed by atoms with van der Waals surface area (Å²) in [5, 5.41) is 3.16. The molecule has 0 saturated heterocycles. The average Bonchev–Trinajstić information content (AvgIpc) is 2.95. The van der Waals surface area contributed by atoms with Gasteiger partial charge in [-0.1, -0.05) is 11.6 Å². The zero-order valence-corrected chi connectivity index (χ0v) is 11.6. The first-order valence-electron chi connectivity index (χ1n) is 5.85. The number of rotatable bonds is 4. The summed E-state index contributed by atoms with van der Waals surface area (Å²) < 4.78 is 6.38. The van der Waals surface area contributed by atoms with Gasteiger partial charge in [0.15, 0.2) is 5.58 Å². The van der Waals surface area contributed by atoms with Gasteiger partial charge in [0.1, 0.15) is 5.52 Å². The highest BCUT2D eigenvalue weighted by molar-refractivity contribution is 7.16. The summed E-state index contributed by atoms with van der Waals surface area (Å²) in [7, 11) is 0. The van der Waals surface area contributed by atoms with E-state index in [2.05, 4.69) is 10.3 Å². The number of nitrogens with one attached hydrogen (secondary N) is 1. The highest BCUT2D eigenvalue weighted by Gasteiger charge is 2.05. The van der Waals surface area contributed by atoms with Crippen LogP contribution in [0.1, 0.15) is 4.88 Å². The van der Waals surface area contributed by atoms with Gasteiger partial charge in [-0.05, 0) is 30.7 Å². The van der Waals surface area contributed by atoms with Crippen molar-refractivity contribution in [1.82, 2.24) is 4.98 Å². The van der Waals surface area contributed by atoms with Gasteiger partial charge in [0, 0.05) is 23.2 Å². The number of thiophene rings is 1. The molecule has 0 spiro atoms. The molecule has 6 heteroatoms. The molecule has 1 aromatic carbocycles. The van der Waals surface area contributed by atoms with Crippen LogP contribution in [0.3, 0.4) is 0 Å². The molecular formula is C13H12ClN3OS. The first kappa shape index (κ1) is 12.3. The fraction of sp³-hybridized carbons (Fsp3) is 0.154. The molecule has 0 atom stereocenters. The molecule has 0 aliphatic carbocycles. The Bertz CT molecular complexity index is 707. The Hall–Kier alpha value is -1.72. The summed E-state index contributed by atoms with van der Waals surface area (Å²) >= 11 is 7.47. The van der Waals surface area contributed by atoms with Crippen LogP contribution in [-0.2, 0) is 6.42 Å². The summed E-state index contributed by atoms with van der Waals surface area (Å²) in [6, 6.07) is 9.88. The van der Waals surface area contributed by atoms with Crippen molar-refractivity contribution in [2.75, 3.05) is 17.6 Å². The Balaban J connectivity index is 1.65. The Morgan fingerprint density at radius 3 is 3.00 bits per heavy atom. The smallest absolute Gasteiger partial charge is 0.295 e. The van der Waals surface area contributed by atoms with E-state index in [1.807, 2.05) is 24.3 Å². The van der Waals surface area contributed by atoms with Gasteiger partial charge in [0.2, 0.25) is 0 Å². The van der Waals surface area contributed by atoms with E-state index in [0.717, 1.165) is 22.8 Å². The quantitative estimate of drug-likeness (QED) is 0.719. The highest BCUT2D eigenvalue weighted by Crippen LogP contribution is 2.23. The first-order valence-corrected chi connectivity index (χ1v) is 7.04. The van der Waals surface area contributed by atoms with E-state index in [9.17, 15) is 0 Å². The van der Waals surface area contributed by atoms with Crippen LogP contribution in [0, 0.1) is 0 Å². The zero-order valence-electron chi connectivity index (χ0n) is 10.0. The van der Waals surface area contributed by atoms with Crippen LogP contribution in [0.25, 0.3) is 11.1 Å². The number of hydrogen-bond acceptors (Lipinski definition) is 5. The van der Waals surface area contributed by atoms with Crippen molar-refractivity contribution in [3.8, 4) is 0 Å². The predicted molar refractivity (Wildman–Crippen MR) is 79.9 cm³/mol. The number of nitrogens with zero attached hydrogens (tertiary/aromatic N) is 1. The van der Waals surface area contributed by atoms with Crippen LogP contribution in [0.4, 0.5) is 11.7 Å². The number of anilines is 2. The molecule has 0 saturated carbocycles. The molecule has 3 rings (SSSR count). The maximum atomic E-state index is 5.88. The normalized spacial score (nSPS) is 11.0. The summed E-state index contributed by atoms with van der Waals surface area (Å²) in [4.78, 5) is 5.57. The van der Waals surface area contributed by atoms with Crippen molar-refractivity contribution < 1.29 is 4.42 Å². The molecule has 0 unspecified atom stereocenters. The largest absolute Gasteiger partial charge is 0.423 e. The molecule has 0 radical (unpaired) electrons. The fourth-order valence-corrected chi connectivity index (χ4v) is 2.88. The van der Waals surface area contributed by atoms with E-state index in [1.165, 1.54) is 4.88 Å². The monoisotopic (exact) mass is 293 g/mol. The third-order valence-corrected chi connectivity index (χ3v) is 3.98. The third kappa shape index (κ3) is 2.83. The molecule has 3 N–H and O–H groups in total. The van der Waals surface area contributed by atoms with Gasteiger partial charge in [0.25, 0.3) is 6.01 Å². The number of oxazole rings is 1. The van der Waals surface area contributed by atoms with Crippen LogP contribution < -0.4 is 11.1 Å². The van der Waals surface area contributed by atoms with E-state index in [4.69, 9.17) is 21.8 Å². The SMILES string of the molecule is Nc1ccc2nc(NCCc3ccc(Cl)s3)oc2c1. The number of aromatic nitrogens is 1. The highest BCUT2D eigenvalue weighted by atomic mass is 35.5. The van der Waals surface area contributed by atoms with Crippen LogP contribution in [0.15, 0.2) is 34.7 Å². The number of halogens is 1. The fourth-order valence-electron chi connectivity index (χ4n) is 1.80. The Kier molecular flexibility index (Phi) is 3.31. The lowest BCUT2D eigenvalue weighted by Crippen LogP contribution is -2.03. The van der Waals surface area contributed by atoms with Crippen LogP contribution in [-0.4, -0.2) is 11.5 Å². The van der Waals surface area contributed by atoms with E-state index in [-0.39, 0.29) is 0 Å². The second kappa shape index (κ2) is 5.11. The molecule has 19 heavy (non-hydrogen) atoms. The van der Waals surface area contributed by atoms with E-state index >= 15 is 0 Å². The lowest BCUT2D eigenvalue weighted by atomic mass is 10.3. The molecule has 0 fully saturated rings. The van der Waals surface area contributed by atoms with E-state index in [1.54, 1.807) is 17.4 Å². The molecule has 0 aliphatic rings. The summed E-state index contributed by atoms with van der Waals surface area (Å²) in [5.41, 5.74) is 7.86. The molecule has 4 nitrogen and oxygen atoms in total. The van der Waals surface area contributed by atoms with Gasteiger partial charge in [-0.3, -0.25) is 0 Å². The Labute approximate surface area is 119 Å². The molecule has 2 aromatic heterocycles. The Morgan fingerprint density at radius 1 is 1.32 bits per heavy atom. The Morgan fingerprint density at radius 2 is 2.21 bits per heavy atom. The molecule has 3 aromatic rings. The van der Waals surface area contributed by atoms with Crippen LogP contribution in [0.5, 0.6) is 0 Å². The number of fused-ring (bicyclic) bond motifs is 1.